The predicted octanol–water partition coefficient (Wildman–Crippen LogP) is 3.05. The molecule has 7 heteroatoms. The highest BCUT2D eigenvalue weighted by Gasteiger charge is 2.30. The molecule has 0 aliphatic carbocycles. The molecule has 0 heterocycles. The average molecular weight is 269 g/mol. The normalized spacial score (nSPS) is 12.2. The van der Waals surface area contributed by atoms with Gasteiger partial charge in [0.15, 0.2) is 17.4 Å². The van der Waals surface area contributed by atoms with Gasteiger partial charge in [0, 0.05) is 6.54 Å². The first kappa shape index (κ1) is 14.7. The number of nitrogens with zero attached hydrogens (tertiary/aromatic N) is 1. The van der Waals surface area contributed by atoms with Crippen LogP contribution < -0.4 is 0 Å². The van der Waals surface area contributed by atoms with Gasteiger partial charge >= 0.3 is 6.18 Å². The van der Waals surface area contributed by atoms with Crippen LogP contribution in [0.3, 0.4) is 0 Å². The topological polar surface area (TPSA) is 23.5 Å². The van der Waals surface area contributed by atoms with Crippen molar-refractivity contribution in [2.45, 2.75) is 19.6 Å². The van der Waals surface area contributed by atoms with Crippen molar-refractivity contribution < 1.29 is 27.1 Å². The molecule has 0 spiro atoms. The van der Waals surface area contributed by atoms with Gasteiger partial charge in [-0.1, -0.05) is 6.92 Å². The van der Waals surface area contributed by atoms with Gasteiger partial charge in [0.25, 0.3) is 0 Å². The summed E-state index contributed by atoms with van der Waals surface area (Å²) in [6.07, 6.45) is -4.37. The molecule has 0 saturated carbocycles. The summed E-state index contributed by atoms with van der Waals surface area (Å²) < 4.78 is 62.6. The highest BCUT2D eigenvalue weighted by Crippen LogP contribution is 2.23. The van der Waals surface area contributed by atoms with E-state index < -0.39 is 30.1 Å². The molecule has 1 aromatic carbocycles. The molecule has 18 heavy (non-hydrogen) atoms. The summed E-state index contributed by atoms with van der Waals surface area (Å²) in [4.78, 5) is 0.991. The van der Waals surface area contributed by atoms with E-state index in [9.17, 15) is 22.0 Å². The molecule has 0 fully saturated rings. The highest BCUT2D eigenvalue weighted by molar-refractivity contribution is 5.29. The second-order valence-electron chi connectivity index (χ2n) is 3.83. The summed E-state index contributed by atoms with van der Waals surface area (Å²) in [6, 6.07) is 1.63. The minimum atomic E-state index is -4.37. The Morgan fingerprint density at radius 3 is 2.06 bits per heavy atom. The van der Waals surface area contributed by atoms with E-state index >= 15 is 0 Å². The van der Waals surface area contributed by atoms with Crippen molar-refractivity contribution in [3.8, 4) is 5.75 Å². The molecule has 0 bridgehead atoms. The number of benzene rings is 1. The maximum absolute atomic E-state index is 13.0. The Labute approximate surface area is 101 Å². The molecule has 0 saturated heterocycles. The standard InChI is InChI=1S/C11H12F5NO/c1-2-17(6-11(14,15)16)5-7-3-8(12)10(18)9(13)4-7/h3-4,18H,2,5-6H2,1H3. The molecule has 0 atom stereocenters. The monoisotopic (exact) mass is 269 g/mol. The smallest absolute Gasteiger partial charge is 0.401 e. The van der Waals surface area contributed by atoms with Crippen LogP contribution in [0.15, 0.2) is 12.1 Å². The molecular weight excluding hydrogens is 257 g/mol. The fraction of sp³-hybridized carbons (Fsp3) is 0.455. The Kier molecular flexibility index (Phi) is 4.50. The van der Waals surface area contributed by atoms with Crippen molar-refractivity contribution in [2.75, 3.05) is 13.1 Å². The molecule has 0 unspecified atom stereocenters. The maximum Gasteiger partial charge on any atom is 0.401 e. The van der Waals surface area contributed by atoms with E-state index in [0.717, 1.165) is 17.0 Å². The van der Waals surface area contributed by atoms with Crippen LogP contribution in [-0.2, 0) is 6.54 Å². The van der Waals surface area contributed by atoms with Gasteiger partial charge in [-0.05, 0) is 24.2 Å². The number of aromatic hydroxyl groups is 1. The van der Waals surface area contributed by atoms with Crippen molar-refractivity contribution >= 4 is 0 Å². The van der Waals surface area contributed by atoms with E-state index in [4.69, 9.17) is 5.11 Å². The first-order valence-corrected chi connectivity index (χ1v) is 5.19. The lowest BCUT2D eigenvalue weighted by Gasteiger charge is -2.22. The van der Waals surface area contributed by atoms with Crippen LogP contribution in [0.4, 0.5) is 22.0 Å². The third kappa shape index (κ3) is 4.14. The second kappa shape index (κ2) is 5.51. The fourth-order valence-electron chi connectivity index (χ4n) is 1.50. The third-order valence-corrected chi connectivity index (χ3v) is 2.33. The Morgan fingerprint density at radius 1 is 1.17 bits per heavy atom. The van der Waals surface area contributed by atoms with E-state index in [-0.39, 0.29) is 18.7 Å². The summed E-state index contributed by atoms with van der Waals surface area (Å²) in [7, 11) is 0. The van der Waals surface area contributed by atoms with Crippen LogP contribution >= 0.6 is 0 Å². The summed E-state index contributed by atoms with van der Waals surface area (Å²) >= 11 is 0. The second-order valence-corrected chi connectivity index (χ2v) is 3.83. The average Bonchev–Trinajstić information content (AvgIpc) is 2.23. The number of rotatable bonds is 4. The minimum absolute atomic E-state index is 0.0360. The fourth-order valence-corrected chi connectivity index (χ4v) is 1.50. The zero-order valence-electron chi connectivity index (χ0n) is 9.56. The molecule has 0 aromatic heterocycles. The van der Waals surface area contributed by atoms with Crippen LogP contribution in [0.2, 0.25) is 0 Å². The molecule has 0 radical (unpaired) electrons. The molecule has 1 rings (SSSR count). The van der Waals surface area contributed by atoms with E-state index in [1.165, 1.54) is 6.92 Å². The van der Waals surface area contributed by atoms with Crippen LogP contribution in [-0.4, -0.2) is 29.3 Å². The summed E-state index contributed by atoms with van der Waals surface area (Å²) in [5.41, 5.74) is 0.0360. The lowest BCUT2D eigenvalue weighted by atomic mass is 10.2. The molecule has 0 aliphatic heterocycles. The maximum atomic E-state index is 13.0. The number of alkyl halides is 3. The largest absolute Gasteiger partial charge is 0.503 e. The van der Waals surface area contributed by atoms with Crippen molar-refractivity contribution in [1.29, 1.82) is 0 Å². The Hall–Kier alpha value is -1.37. The molecule has 0 amide bonds. The van der Waals surface area contributed by atoms with Gasteiger partial charge in [0.1, 0.15) is 0 Å². The number of hydrogen-bond acceptors (Lipinski definition) is 2. The quantitative estimate of drug-likeness (QED) is 0.849. The van der Waals surface area contributed by atoms with Crippen molar-refractivity contribution in [3.05, 3.63) is 29.3 Å². The molecule has 0 aliphatic rings. The van der Waals surface area contributed by atoms with Gasteiger partial charge in [-0.2, -0.15) is 13.2 Å². The van der Waals surface area contributed by atoms with E-state index in [0.29, 0.717) is 0 Å². The lowest BCUT2D eigenvalue weighted by Crippen LogP contribution is -2.33. The molecular formula is C11H12F5NO. The summed E-state index contributed by atoms with van der Waals surface area (Å²) in [5.74, 6) is -3.50. The van der Waals surface area contributed by atoms with E-state index in [1.807, 2.05) is 0 Å². The SMILES string of the molecule is CCN(Cc1cc(F)c(O)c(F)c1)CC(F)(F)F. The third-order valence-electron chi connectivity index (χ3n) is 2.33. The predicted molar refractivity (Wildman–Crippen MR) is 55.0 cm³/mol. The first-order valence-electron chi connectivity index (χ1n) is 5.19. The minimum Gasteiger partial charge on any atom is -0.503 e. The molecule has 2 nitrogen and oxygen atoms in total. The lowest BCUT2D eigenvalue weighted by molar-refractivity contribution is -0.146. The number of hydrogen-bond donors (Lipinski definition) is 1. The first-order chi connectivity index (χ1) is 8.23. The molecule has 1 N–H and O–H groups in total. The van der Waals surface area contributed by atoms with Gasteiger partial charge < -0.3 is 5.11 Å². The number of phenols is 1. The van der Waals surface area contributed by atoms with Gasteiger partial charge in [0.05, 0.1) is 6.54 Å². The van der Waals surface area contributed by atoms with Gasteiger partial charge in [-0.3, -0.25) is 4.90 Å². The van der Waals surface area contributed by atoms with Gasteiger partial charge in [0.2, 0.25) is 0 Å². The zero-order chi connectivity index (χ0) is 13.9. The molecule has 102 valence electrons. The highest BCUT2D eigenvalue weighted by atomic mass is 19.4. The van der Waals surface area contributed by atoms with Gasteiger partial charge in [-0.15, -0.1) is 0 Å². The van der Waals surface area contributed by atoms with Crippen LogP contribution in [0.5, 0.6) is 5.75 Å². The van der Waals surface area contributed by atoms with Crippen molar-refractivity contribution in [1.82, 2.24) is 4.90 Å². The Bertz CT molecular complexity index is 395. The van der Waals surface area contributed by atoms with Gasteiger partial charge in [-0.25, -0.2) is 8.78 Å². The van der Waals surface area contributed by atoms with Crippen molar-refractivity contribution in [2.24, 2.45) is 0 Å². The van der Waals surface area contributed by atoms with Crippen molar-refractivity contribution in [3.63, 3.8) is 0 Å². The number of phenolic OH excluding ortho intramolecular Hbond substituents is 1. The Morgan fingerprint density at radius 2 is 1.67 bits per heavy atom. The molecule has 1 aromatic rings. The van der Waals surface area contributed by atoms with Crippen LogP contribution in [0, 0.1) is 11.6 Å². The summed E-state index contributed by atoms with van der Waals surface area (Å²) in [6.45, 7) is 0.195. The van der Waals surface area contributed by atoms with E-state index in [1.54, 1.807) is 0 Å². The number of halogens is 5. The van der Waals surface area contributed by atoms with Crippen LogP contribution in [0.25, 0.3) is 0 Å². The van der Waals surface area contributed by atoms with Crippen LogP contribution in [0.1, 0.15) is 12.5 Å². The van der Waals surface area contributed by atoms with E-state index in [2.05, 4.69) is 0 Å². The zero-order valence-corrected chi connectivity index (χ0v) is 9.56. The summed E-state index contributed by atoms with van der Waals surface area (Å²) in [5, 5.41) is 8.86. The Balaban J connectivity index is 2.82.